The van der Waals surface area contributed by atoms with Gasteiger partial charge >= 0.3 is 0 Å². The molecule has 1 aliphatic rings. The van der Waals surface area contributed by atoms with Crippen molar-refractivity contribution in [3.8, 4) is 0 Å². The van der Waals surface area contributed by atoms with Crippen molar-refractivity contribution in [1.82, 2.24) is 5.16 Å². The molecule has 3 rings (SSSR count). The van der Waals surface area contributed by atoms with Crippen LogP contribution in [0.3, 0.4) is 0 Å². The Bertz CT molecular complexity index is 795. The van der Waals surface area contributed by atoms with E-state index in [0.29, 0.717) is 22.7 Å². The Balaban J connectivity index is 1.62. The zero-order valence-electron chi connectivity index (χ0n) is 15.0. The van der Waals surface area contributed by atoms with Crippen molar-refractivity contribution in [2.75, 3.05) is 10.6 Å². The van der Waals surface area contributed by atoms with Crippen molar-refractivity contribution < 1.29 is 14.1 Å². The number of nitrogens with two attached hydrogens (primary N) is 1. The van der Waals surface area contributed by atoms with E-state index in [4.69, 9.17) is 10.3 Å². The van der Waals surface area contributed by atoms with Gasteiger partial charge in [-0.3, -0.25) is 9.59 Å². The topological polar surface area (TPSA) is 110 Å². The van der Waals surface area contributed by atoms with Crippen LogP contribution in [0.5, 0.6) is 0 Å². The second-order valence-corrected chi connectivity index (χ2v) is 7.12. The van der Waals surface area contributed by atoms with E-state index in [1.165, 1.54) is 6.20 Å². The summed E-state index contributed by atoms with van der Waals surface area (Å²) >= 11 is 0. The van der Waals surface area contributed by atoms with Crippen molar-refractivity contribution in [3.63, 3.8) is 0 Å². The Morgan fingerprint density at radius 2 is 1.85 bits per heavy atom. The fourth-order valence-electron chi connectivity index (χ4n) is 3.37. The second kappa shape index (κ2) is 7.29. The highest BCUT2D eigenvalue weighted by atomic mass is 16.5. The van der Waals surface area contributed by atoms with Gasteiger partial charge < -0.3 is 20.9 Å². The predicted octanol–water partition coefficient (Wildman–Crippen LogP) is 3.08. The summed E-state index contributed by atoms with van der Waals surface area (Å²) in [6.07, 6.45) is 5.14. The zero-order valence-corrected chi connectivity index (χ0v) is 15.0. The number of aryl methyl sites for hydroxylation is 1. The Morgan fingerprint density at radius 1 is 1.19 bits per heavy atom. The summed E-state index contributed by atoms with van der Waals surface area (Å²) in [5.74, 6) is -0.0656. The first-order valence-corrected chi connectivity index (χ1v) is 8.79. The molecule has 138 valence electrons. The van der Waals surface area contributed by atoms with Crippen LogP contribution in [-0.4, -0.2) is 22.5 Å². The number of hydrogen-bond donors (Lipinski definition) is 3. The first-order chi connectivity index (χ1) is 12.4. The maximum atomic E-state index is 12.6. The van der Waals surface area contributed by atoms with E-state index in [2.05, 4.69) is 15.8 Å². The molecular weight excluding hydrogens is 332 g/mol. The lowest BCUT2D eigenvalue weighted by Crippen LogP contribution is -2.51. The quantitative estimate of drug-likeness (QED) is 0.780. The fraction of sp³-hybridized carbons (Fsp3) is 0.421. The normalized spacial score (nSPS) is 22.7. The van der Waals surface area contributed by atoms with Crippen LogP contribution in [0.25, 0.3) is 0 Å². The Hall–Kier alpha value is -2.67. The van der Waals surface area contributed by atoms with Crippen molar-refractivity contribution in [2.24, 2.45) is 11.7 Å². The Kier molecular flexibility index (Phi) is 5.08. The van der Waals surface area contributed by atoms with E-state index in [0.717, 1.165) is 25.7 Å². The van der Waals surface area contributed by atoms with Gasteiger partial charge in [-0.1, -0.05) is 18.0 Å². The molecule has 2 amide bonds. The van der Waals surface area contributed by atoms with E-state index < -0.39 is 5.54 Å². The van der Waals surface area contributed by atoms with E-state index in [9.17, 15) is 9.59 Å². The smallest absolute Gasteiger partial charge is 0.260 e. The van der Waals surface area contributed by atoms with Gasteiger partial charge in [0.2, 0.25) is 5.91 Å². The molecule has 0 spiro atoms. The van der Waals surface area contributed by atoms with Crippen LogP contribution in [0.4, 0.5) is 11.4 Å². The van der Waals surface area contributed by atoms with E-state index >= 15 is 0 Å². The molecule has 7 nitrogen and oxygen atoms in total. The van der Waals surface area contributed by atoms with Crippen LogP contribution in [0.1, 0.15) is 48.7 Å². The number of nitrogens with zero attached hydrogens (tertiary/aromatic N) is 1. The van der Waals surface area contributed by atoms with Crippen LogP contribution in [0.15, 0.2) is 35.0 Å². The molecule has 1 aromatic heterocycles. The van der Waals surface area contributed by atoms with Crippen LogP contribution in [0, 0.1) is 12.8 Å². The number of aromatic nitrogens is 1. The monoisotopic (exact) mass is 356 g/mol. The Morgan fingerprint density at radius 3 is 2.42 bits per heavy atom. The van der Waals surface area contributed by atoms with Gasteiger partial charge in [-0.25, -0.2) is 0 Å². The van der Waals surface area contributed by atoms with Gasteiger partial charge in [0.1, 0.15) is 11.3 Å². The van der Waals surface area contributed by atoms with Gasteiger partial charge in [0, 0.05) is 16.9 Å². The lowest BCUT2D eigenvalue weighted by atomic mass is 9.74. The third-order valence-corrected chi connectivity index (χ3v) is 4.98. The number of nitrogens with one attached hydrogen (secondary N) is 2. The fourth-order valence-corrected chi connectivity index (χ4v) is 3.37. The SMILES string of the molecule is Cc1oncc1C(=O)Nc1ccc(NC(=O)C2CCCCC2(C)N)cc1. The molecule has 2 aromatic rings. The summed E-state index contributed by atoms with van der Waals surface area (Å²) in [5, 5.41) is 9.29. The summed E-state index contributed by atoms with van der Waals surface area (Å²) in [6, 6.07) is 6.98. The van der Waals surface area contributed by atoms with E-state index in [-0.39, 0.29) is 17.7 Å². The largest absolute Gasteiger partial charge is 0.361 e. The Labute approximate surface area is 152 Å². The van der Waals surface area contributed by atoms with Gasteiger partial charge in [-0.05, 0) is 51.0 Å². The number of rotatable bonds is 4. The first-order valence-electron chi connectivity index (χ1n) is 8.79. The molecule has 26 heavy (non-hydrogen) atoms. The highest BCUT2D eigenvalue weighted by molar-refractivity contribution is 6.04. The molecule has 0 aliphatic heterocycles. The van der Waals surface area contributed by atoms with Gasteiger partial charge in [0.15, 0.2) is 0 Å². The summed E-state index contributed by atoms with van der Waals surface area (Å²) in [5.41, 5.74) is 7.51. The molecule has 0 bridgehead atoms. The molecule has 4 N–H and O–H groups in total. The highest BCUT2D eigenvalue weighted by Crippen LogP contribution is 2.32. The van der Waals surface area contributed by atoms with Crippen LogP contribution < -0.4 is 16.4 Å². The minimum atomic E-state index is -0.466. The number of anilines is 2. The average Bonchev–Trinajstić information content (AvgIpc) is 3.02. The summed E-state index contributed by atoms with van der Waals surface area (Å²) in [7, 11) is 0. The van der Waals surface area contributed by atoms with Gasteiger partial charge in [-0.15, -0.1) is 0 Å². The molecule has 1 saturated carbocycles. The molecule has 2 unspecified atom stereocenters. The van der Waals surface area contributed by atoms with Crippen molar-refractivity contribution in [1.29, 1.82) is 0 Å². The van der Waals surface area contributed by atoms with Crippen LogP contribution in [0.2, 0.25) is 0 Å². The second-order valence-electron chi connectivity index (χ2n) is 7.12. The third-order valence-electron chi connectivity index (χ3n) is 4.98. The summed E-state index contributed by atoms with van der Waals surface area (Å²) in [6.45, 7) is 3.62. The van der Waals surface area contributed by atoms with Crippen molar-refractivity contribution >= 4 is 23.2 Å². The third kappa shape index (κ3) is 3.94. The molecule has 1 aliphatic carbocycles. The number of amides is 2. The van der Waals surface area contributed by atoms with Crippen molar-refractivity contribution in [2.45, 2.75) is 45.1 Å². The maximum absolute atomic E-state index is 12.6. The summed E-state index contributed by atoms with van der Waals surface area (Å²) in [4.78, 5) is 24.7. The number of hydrogen-bond acceptors (Lipinski definition) is 5. The molecule has 0 radical (unpaired) electrons. The highest BCUT2D eigenvalue weighted by Gasteiger charge is 2.37. The van der Waals surface area contributed by atoms with E-state index in [1.807, 2.05) is 6.92 Å². The minimum absolute atomic E-state index is 0.0495. The molecular formula is C19H24N4O3. The van der Waals surface area contributed by atoms with Crippen molar-refractivity contribution in [3.05, 3.63) is 41.8 Å². The summed E-state index contributed by atoms with van der Waals surface area (Å²) < 4.78 is 4.89. The lowest BCUT2D eigenvalue weighted by Gasteiger charge is -2.37. The predicted molar refractivity (Wildman–Crippen MR) is 98.8 cm³/mol. The van der Waals surface area contributed by atoms with Crippen LogP contribution in [-0.2, 0) is 4.79 Å². The standard InChI is InChI=1S/C19H24N4O3/c1-12-15(11-21-26-12)17(24)22-13-6-8-14(9-7-13)23-18(25)16-5-3-4-10-19(16,2)20/h6-9,11,16H,3-5,10,20H2,1-2H3,(H,22,24)(H,23,25). The molecule has 1 heterocycles. The van der Waals surface area contributed by atoms with Gasteiger partial charge in [-0.2, -0.15) is 0 Å². The van der Waals surface area contributed by atoms with Crippen LogP contribution >= 0.6 is 0 Å². The number of carbonyl (C=O) groups excluding carboxylic acids is 2. The molecule has 7 heteroatoms. The molecule has 0 saturated heterocycles. The molecule has 1 fully saturated rings. The number of benzene rings is 1. The van der Waals surface area contributed by atoms with E-state index in [1.54, 1.807) is 31.2 Å². The minimum Gasteiger partial charge on any atom is -0.361 e. The first kappa shape index (κ1) is 18.1. The molecule has 1 aromatic carbocycles. The lowest BCUT2D eigenvalue weighted by molar-refractivity contribution is -0.122. The zero-order chi connectivity index (χ0) is 18.7. The number of carbonyl (C=O) groups is 2. The van der Waals surface area contributed by atoms with Gasteiger partial charge in [0.25, 0.3) is 5.91 Å². The maximum Gasteiger partial charge on any atom is 0.260 e. The molecule has 2 atom stereocenters. The van der Waals surface area contributed by atoms with Gasteiger partial charge in [0.05, 0.1) is 12.1 Å². The average molecular weight is 356 g/mol.